The Morgan fingerprint density at radius 1 is 1.17 bits per heavy atom. The largest absolute Gasteiger partial charge is 0.308 e. The molecule has 0 atom stereocenters. The van der Waals surface area contributed by atoms with Crippen molar-refractivity contribution < 1.29 is 9.72 Å². The lowest BCUT2D eigenvalue weighted by Crippen LogP contribution is -2.35. The standard InChI is InChI=1S/C17H13N3O3/c18-10-14-13-6-9-17(21)19(11-12-4-2-1-3-5-12)15(13)7-8-16(14)20(22)23/h1-5,7-8H,6,9,11H2. The van der Waals surface area contributed by atoms with E-state index in [1.54, 1.807) is 11.0 Å². The van der Waals surface area contributed by atoms with Crippen molar-refractivity contribution in [3.8, 4) is 6.07 Å². The number of amides is 1. The van der Waals surface area contributed by atoms with Crippen LogP contribution in [-0.2, 0) is 17.8 Å². The minimum absolute atomic E-state index is 0.0425. The van der Waals surface area contributed by atoms with Gasteiger partial charge < -0.3 is 4.90 Å². The quantitative estimate of drug-likeness (QED) is 0.644. The van der Waals surface area contributed by atoms with E-state index >= 15 is 0 Å². The van der Waals surface area contributed by atoms with Crippen LogP contribution in [0.25, 0.3) is 0 Å². The number of rotatable bonds is 3. The van der Waals surface area contributed by atoms with Gasteiger partial charge in [0.15, 0.2) is 0 Å². The highest BCUT2D eigenvalue weighted by atomic mass is 16.6. The van der Waals surface area contributed by atoms with E-state index in [1.807, 2.05) is 36.4 Å². The Hall–Kier alpha value is -3.20. The summed E-state index contributed by atoms with van der Waals surface area (Å²) in [6.07, 6.45) is 0.597. The van der Waals surface area contributed by atoms with E-state index in [-0.39, 0.29) is 23.6 Å². The molecule has 0 fully saturated rings. The number of nitriles is 1. The number of hydrogen-bond donors (Lipinski definition) is 0. The van der Waals surface area contributed by atoms with E-state index in [0.29, 0.717) is 24.2 Å². The van der Waals surface area contributed by atoms with Crippen LogP contribution in [0.2, 0.25) is 0 Å². The molecule has 6 nitrogen and oxygen atoms in total. The second kappa shape index (κ2) is 5.89. The summed E-state index contributed by atoms with van der Waals surface area (Å²) in [5, 5.41) is 20.4. The summed E-state index contributed by atoms with van der Waals surface area (Å²) in [6, 6.07) is 14.3. The topological polar surface area (TPSA) is 87.2 Å². The van der Waals surface area contributed by atoms with Crippen molar-refractivity contribution in [3.63, 3.8) is 0 Å². The van der Waals surface area contributed by atoms with Gasteiger partial charge in [-0.05, 0) is 18.1 Å². The normalized spacial score (nSPS) is 13.3. The summed E-state index contributed by atoms with van der Waals surface area (Å²) in [4.78, 5) is 24.4. The maximum Gasteiger partial charge on any atom is 0.287 e. The Bertz CT molecular complexity index is 825. The fourth-order valence-corrected chi connectivity index (χ4v) is 2.85. The minimum atomic E-state index is -0.559. The molecule has 0 saturated carbocycles. The molecule has 3 rings (SSSR count). The van der Waals surface area contributed by atoms with Crippen molar-refractivity contribution in [2.75, 3.05) is 4.90 Å². The molecule has 2 aromatic rings. The Morgan fingerprint density at radius 2 is 1.91 bits per heavy atom. The third kappa shape index (κ3) is 2.64. The number of benzene rings is 2. The van der Waals surface area contributed by atoms with E-state index in [0.717, 1.165) is 5.56 Å². The van der Waals surface area contributed by atoms with E-state index in [4.69, 9.17) is 0 Å². The molecule has 1 aliphatic rings. The average Bonchev–Trinajstić information content (AvgIpc) is 2.57. The van der Waals surface area contributed by atoms with Crippen LogP contribution in [0.1, 0.15) is 23.1 Å². The van der Waals surface area contributed by atoms with E-state index in [2.05, 4.69) is 0 Å². The highest BCUT2D eigenvalue weighted by Gasteiger charge is 2.30. The predicted octanol–water partition coefficient (Wildman–Crippen LogP) is 2.95. The van der Waals surface area contributed by atoms with Crippen LogP contribution in [0, 0.1) is 21.4 Å². The van der Waals surface area contributed by atoms with Crippen LogP contribution < -0.4 is 4.90 Å². The van der Waals surface area contributed by atoms with Crippen LogP contribution in [0.3, 0.4) is 0 Å². The lowest BCUT2D eigenvalue weighted by atomic mass is 9.94. The zero-order valence-corrected chi connectivity index (χ0v) is 12.2. The van der Waals surface area contributed by atoms with Gasteiger partial charge in [-0.15, -0.1) is 0 Å². The van der Waals surface area contributed by atoms with Gasteiger partial charge in [-0.1, -0.05) is 30.3 Å². The number of carbonyl (C=O) groups excluding carboxylic acids is 1. The molecule has 1 amide bonds. The lowest BCUT2D eigenvalue weighted by Gasteiger charge is -2.30. The number of carbonyl (C=O) groups is 1. The van der Waals surface area contributed by atoms with Crippen LogP contribution in [-0.4, -0.2) is 10.8 Å². The second-order valence-corrected chi connectivity index (χ2v) is 5.29. The molecule has 0 spiro atoms. The third-order valence-corrected chi connectivity index (χ3v) is 3.94. The third-order valence-electron chi connectivity index (χ3n) is 3.94. The number of nitrogens with zero attached hydrogens (tertiary/aromatic N) is 3. The first-order valence-corrected chi connectivity index (χ1v) is 7.16. The molecule has 0 bridgehead atoms. The van der Waals surface area contributed by atoms with Crippen molar-refractivity contribution >= 4 is 17.3 Å². The molecule has 0 aromatic heterocycles. The number of fused-ring (bicyclic) bond motifs is 1. The first-order valence-electron chi connectivity index (χ1n) is 7.16. The van der Waals surface area contributed by atoms with Gasteiger partial charge in [0.1, 0.15) is 11.6 Å². The molecule has 0 saturated heterocycles. The molecule has 6 heteroatoms. The van der Waals surface area contributed by atoms with Crippen LogP contribution >= 0.6 is 0 Å². The highest BCUT2D eigenvalue weighted by molar-refractivity contribution is 5.97. The van der Waals surface area contributed by atoms with Gasteiger partial charge in [-0.2, -0.15) is 5.26 Å². The Balaban J connectivity index is 2.07. The van der Waals surface area contributed by atoms with Crippen molar-refractivity contribution in [2.45, 2.75) is 19.4 Å². The van der Waals surface area contributed by atoms with Crippen molar-refractivity contribution in [1.82, 2.24) is 0 Å². The maximum absolute atomic E-state index is 12.3. The van der Waals surface area contributed by atoms with Gasteiger partial charge in [-0.25, -0.2) is 0 Å². The molecule has 0 unspecified atom stereocenters. The molecular weight excluding hydrogens is 294 g/mol. The minimum Gasteiger partial charge on any atom is -0.308 e. The highest BCUT2D eigenvalue weighted by Crippen LogP contribution is 2.35. The summed E-state index contributed by atoms with van der Waals surface area (Å²) >= 11 is 0. The number of anilines is 1. The van der Waals surface area contributed by atoms with Gasteiger partial charge in [-0.3, -0.25) is 14.9 Å². The van der Waals surface area contributed by atoms with Crippen molar-refractivity contribution in [2.24, 2.45) is 0 Å². The molecule has 1 aliphatic heterocycles. The number of nitro benzene ring substituents is 1. The van der Waals surface area contributed by atoms with Crippen molar-refractivity contribution in [3.05, 3.63) is 69.3 Å². The van der Waals surface area contributed by atoms with Crippen LogP contribution in [0.15, 0.2) is 42.5 Å². The van der Waals surface area contributed by atoms with E-state index < -0.39 is 4.92 Å². The molecule has 0 radical (unpaired) electrons. The lowest BCUT2D eigenvalue weighted by molar-refractivity contribution is -0.385. The first-order chi connectivity index (χ1) is 11.1. The maximum atomic E-state index is 12.3. The summed E-state index contributed by atoms with van der Waals surface area (Å²) < 4.78 is 0. The molecule has 114 valence electrons. The molecule has 23 heavy (non-hydrogen) atoms. The smallest absolute Gasteiger partial charge is 0.287 e. The summed E-state index contributed by atoms with van der Waals surface area (Å²) in [7, 11) is 0. The van der Waals surface area contributed by atoms with E-state index in [1.165, 1.54) is 6.07 Å². The summed E-state index contributed by atoms with van der Waals surface area (Å²) in [5.41, 5.74) is 1.98. The van der Waals surface area contributed by atoms with Gasteiger partial charge in [0.05, 0.1) is 11.5 Å². The predicted molar refractivity (Wildman–Crippen MR) is 83.8 cm³/mol. The van der Waals surface area contributed by atoms with Crippen molar-refractivity contribution in [1.29, 1.82) is 5.26 Å². The SMILES string of the molecule is N#Cc1c([N+](=O)[O-])ccc2c1CCC(=O)N2Cc1ccccc1. The fourth-order valence-electron chi connectivity index (χ4n) is 2.85. The summed E-state index contributed by atoms with van der Waals surface area (Å²) in [5.74, 6) is -0.0425. The van der Waals surface area contributed by atoms with Gasteiger partial charge in [0, 0.05) is 23.7 Å². The van der Waals surface area contributed by atoms with Gasteiger partial charge in [0.25, 0.3) is 5.69 Å². The zero-order valence-electron chi connectivity index (χ0n) is 12.2. The molecule has 0 aliphatic carbocycles. The first kappa shape index (κ1) is 14.7. The fraction of sp³-hybridized carbons (Fsp3) is 0.176. The van der Waals surface area contributed by atoms with E-state index in [9.17, 15) is 20.2 Å². The molecule has 0 N–H and O–H groups in total. The second-order valence-electron chi connectivity index (χ2n) is 5.29. The summed E-state index contributed by atoms with van der Waals surface area (Å²) in [6.45, 7) is 0.384. The molecule has 2 aromatic carbocycles. The number of hydrogen-bond acceptors (Lipinski definition) is 4. The monoisotopic (exact) mass is 307 g/mol. The van der Waals surface area contributed by atoms with Crippen LogP contribution in [0.5, 0.6) is 0 Å². The van der Waals surface area contributed by atoms with Gasteiger partial charge in [0.2, 0.25) is 5.91 Å². The Labute approximate surface area is 132 Å². The zero-order chi connectivity index (χ0) is 16.4. The molecular formula is C17H13N3O3. The van der Waals surface area contributed by atoms with Crippen LogP contribution in [0.4, 0.5) is 11.4 Å². The Kier molecular flexibility index (Phi) is 3.77. The molecule has 1 heterocycles. The average molecular weight is 307 g/mol. The van der Waals surface area contributed by atoms with Gasteiger partial charge >= 0.3 is 0 Å². The Morgan fingerprint density at radius 3 is 2.57 bits per heavy atom. The number of nitro groups is 1.